The van der Waals surface area contributed by atoms with Crippen LogP contribution < -0.4 is 0 Å². The maximum atomic E-state index is 12.0. The highest BCUT2D eigenvalue weighted by molar-refractivity contribution is 6.76. The molecule has 1 N–H and O–H groups in total. The predicted molar refractivity (Wildman–Crippen MR) is 123 cm³/mol. The Kier molecular flexibility index (Phi) is 5.63. The fourth-order valence-corrected chi connectivity index (χ4v) is 4.39. The highest BCUT2D eigenvalue weighted by Crippen LogP contribution is 2.31. The molecule has 1 aliphatic rings. The van der Waals surface area contributed by atoms with Crippen LogP contribution in [0.3, 0.4) is 0 Å². The van der Waals surface area contributed by atoms with Gasteiger partial charge in [-0.2, -0.15) is 5.10 Å². The largest absolute Gasteiger partial charge is 0.478 e. The first-order valence-electron chi connectivity index (χ1n) is 10.3. The number of hydrogen-bond donors (Lipinski definition) is 1. The third kappa shape index (κ3) is 4.52. The van der Waals surface area contributed by atoms with Crippen LogP contribution in [0.25, 0.3) is 22.7 Å². The highest BCUT2D eigenvalue weighted by atomic mass is 28.3. The molecule has 0 aliphatic heterocycles. The molecule has 8 nitrogen and oxygen atoms in total. The van der Waals surface area contributed by atoms with Crippen molar-refractivity contribution < 1.29 is 14.6 Å². The number of nitrogens with zero attached hydrogens (tertiary/aromatic N) is 5. The molecule has 0 spiro atoms. The molecule has 0 amide bonds. The smallest absolute Gasteiger partial charge is 0.338 e. The van der Waals surface area contributed by atoms with E-state index in [1.807, 2.05) is 31.5 Å². The summed E-state index contributed by atoms with van der Waals surface area (Å²) in [6.07, 6.45) is 11.8. The average molecular weight is 438 g/mol. The first-order chi connectivity index (χ1) is 14.7. The van der Waals surface area contributed by atoms with Gasteiger partial charge in [0.25, 0.3) is 0 Å². The van der Waals surface area contributed by atoms with Crippen molar-refractivity contribution in [3.63, 3.8) is 0 Å². The minimum atomic E-state index is -1.20. The second-order valence-electron chi connectivity index (χ2n) is 9.01. The fourth-order valence-electron chi connectivity index (χ4n) is 3.63. The Bertz CT molecular complexity index is 1200. The maximum Gasteiger partial charge on any atom is 0.338 e. The van der Waals surface area contributed by atoms with Crippen LogP contribution in [0, 0.1) is 0 Å². The number of carboxylic acid groups (broad SMARTS) is 1. The van der Waals surface area contributed by atoms with Crippen LogP contribution >= 0.6 is 0 Å². The van der Waals surface area contributed by atoms with Gasteiger partial charge in [-0.25, -0.2) is 14.8 Å². The van der Waals surface area contributed by atoms with Crippen LogP contribution in [0.5, 0.6) is 0 Å². The number of carboxylic acids is 1. The molecule has 3 aromatic heterocycles. The Morgan fingerprint density at radius 1 is 1.26 bits per heavy atom. The summed E-state index contributed by atoms with van der Waals surface area (Å²) in [5, 5.41) is 14.9. The number of allylic oxidation sites excluding steroid dienone is 3. The Hall–Kier alpha value is -3.04. The van der Waals surface area contributed by atoms with Crippen molar-refractivity contribution >= 4 is 36.7 Å². The molecule has 0 saturated heterocycles. The van der Waals surface area contributed by atoms with Crippen molar-refractivity contribution in [3.05, 3.63) is 53.4 Å². The molecular weight excluding hydrogens is 410 g/mol. The van der Waals surface area contributed by atoms with Crippen molar-refractivity contribution in [2.75, 3.05) is 6.61 Å². The molecule has 0 fully saturated rings. The first-order valence-corrected chi connectivity index (χ1v) is 14.0. The van der Waals surface area contributed by atoms with Gasteiger partial charge in [-0.1, -0.05) is 31.8 Å². The lowest BCUT2D eigenvalue weighted by molar-refractivity contribution is 0.0696. The van der Waals surface area contributed by atoms with E-state index in [-0.39, 0.29) is 12.3 Å². The van der Waals surface area contributed by atoms with Crippen LogP contribution in [-0.4, -0.2) is 50.1 Å². The van der Waals surface area contributed by atoms with E-state index in [1.165, 1.54) is 6.33 Å². The molecule has 4 rings (SSSR count). The lowest BCUT2D eigenvalue weighted by Crippen LogP contribution is -2.22. The number of carbonyl (C=O) groups is 1. The predicted octanol–water partition coefficient (Wildman–Crippen LogP) is 3.83. The molecule has 0 saturated carbocycles. The topological polar surface area (TPSA) is 95.1 Å². The van der Waals surface area contributed by atoms with E-state index in [9.17, 15) is 9.90 Å². The van der Waals surface area contributed by atoms with Gasteiger partial charge in [-0.15, -0.1) is 0 Å². The number of aromatic nitrogens is 5. The van der Waals surface area contributed by atoms with E-state index in [4.69, 9.17) is 4.74 Å². The molecule has 0 radical (unpaired) electrons. The lowest BCUT2D eigenvalue weighted by Gasteiger charge is -2.15. The van der Waals surface area contributed by atoms with Crippen molar-refractivity contribution in [1.82, 2.24) is 24.3 Å². The number of rotatable bonds is 7. The third-order valence-corrected chi connectivity index (χ3v) is 6.95. The van der Waals surface area contributed by atoms with Gasteiger partial charge < -0.3 is 14.4 Å². The van der Waals surface area contributed by atoms with Crippen molar-refractivity contribution in [1.29, 1.82) is 0 Å². The summed E-state index contributed by atoms with van der Waals surface area (Å²) in [7, 11) is 0.686. The van der Waals surface area contributed by atoms with Gasteiger partial charge in [0.2, 0.25) is 0 Å². The summed E-state index contributed by atoms with van der Waals surface area (Å²) in [5.41, 5.74) is 4.09. The van der Waals surface area contributed by atoms with E-state index in [0.29, 0.717) is 23.3 Å². The second-order valence-corrected chi connectivity index (χ2v) is 14.6. The monoisotopic (exact) mass is 437 g/mol. The number of aryl methyl sites for hydroxylation is 1. The number of ether oxygens (including phenoxy) is 1. The third-order valence-electron chi connectivity index (χ3n) is 5.25. The van der Waals surface area contributed by atoms with Crippen LogP contribution in [0.1, 0.15) is 27.3 Å². The van der Waals surface area contributed by atoms with Crippen molar-refractivity contribution in [2.45, 2.75) is 38.8 Å². The molecular formula is C22H27N5O3Si. The minimum Gasteiger partial charge on any atom is -0.478 e. The Morgan fingerprint density at radius 3 is 2.81 bits per heavy atom. The number of fused-ring (bicyclic) bond motifs is 2. The summed E-state index contributed by atoms with van der Waals surface area (Å²) in [5.74, 6) is -1.02. The Balaban J connectivity index is 1.75. The molecule has 0 unspecified atom stereocenters. The van der Waals surface area contributed by atoms with Crippen molar-refractivity contribution in [3.8, 4) is 0 Å². The molecule has 1 aliphatic carbocycles. The van der Waals surface area contributed by atoms with Gasteiger partial charge in [0.1, 0.15) is 18.7 Å². The van der Waals surface area contributed by atoms with Gasteiger partial charge in [0.15, 0.2) is 0 Å². The zero-order chi connectivity index (χ0) is 22.2. The Labute approximate surface area is 181 Å². The average Bonchev–Trinajstić information content (AvgIpc) is 3.18. The minimum absolute atomic E-state index is 0.166. The molecule has 162 valence electrons. The van der Waals surface area contributed by atoms with E-state index in [0.717, 1.165) is 29.3 Å². The van der Waals surface area contributed by atoms with Crippen LogP contribution in [0.15, 0.2) is 30.9 Å². The maximum absolute atomic E-state index is 12.0. The molecule has 3 aromatic rings. The molecule has 0 atom stereocenters. The SMILES string of the molecule is Cn1cc2c(n1)C=C(c1ncnc3c1c(C(=O)O)cn3COCC[Si](C)(C)C)C=CC2. The van der Waals surface area contributed by atoms with Gasteiger partial charge in [0, 0.05) is 45.3 Å². The van der Waals surface area contributed by atoms with Gasteiger partial charge >= 0.3 is 5.97 Å². The molecule has 9 heteroatoms. The van der Waals surface area contributed by atoms with E-state index in [2.05, 4.69) is 34.7 Å². The van der Waals surface area contributed by atoms with E-state index >= 15 is 0 Å². The standard InChI is InChI=1S/C22H27N5O3Si/c1-26-11-16-7-5-6-15(10-18(16)25-26)20-19-17(22(28)29)12-27(21(19)24-13-23-20)14-30-8-9-31(2,3)4/h5-6,10-13H,7-9,14H2,1-4H3,(H,28,29). The van der Waals surface area contributed by atoms with Crippen LogP contribution in [0.4, 0.5) is 0 Å². The zero-order valence-corrected chi connectivity index (χ0v) is 19.3. The van der Waals surface area contributed by atoms with Gasteiger partial charge in [0.05, 0.1) is 22.3 Å². The normalized spacial score (nSPS) is 13.9. The second kappa shape index (κ2) is 8.24. The summed E-state index contributed by atoms with van der Waals surface area (Å²) in [4.78, 5) is 20.9. The van der Waals surface area contributed by atoms with Crippen LogP contribution in [-0.2, 0) is 24.9 Å². The van der Waals surface area contributed by atoms with Gasteiger partial charge in [-0.3, -0.25) is 4.68 Å². The quantitative estimate of drug-likeness (QED) is 0.446. The lowest BCUT2D eigenvalue weighted by atomic mass is 10.1. The Morgan fingerprint density at radius 2 is 2.06 bits per heavy atom. The number of hydrogen-bond acceptors (Lipinski definition) is 5. The molecule has 3 heterocycles. The van der Waals surface area contributed by atoms with Crippen molar-refractivity contribution in [2.24, 2.45) is 7.05 Å². The summed E-state index contributed by atoms with van der Waals surface area (Å²) in [6, 6.07) is 1.04. The van der Waals surface area contributed by atoms with E-state index in [1.54, 1.807) is 15.4 Å². The summed E-state index contributed by atoms with van der Waals surface area (Å²) >= 11 is 0. The van der Waals surface area contributed by atoms with E-state index < -0.39 is 14.0 Å². The molecule has 0 bridgehead atoms. The fraction of sp³-hybridized carbons (Fsp3) is 0.364. The highest BCUT2D eigenvalue weighted by Gasteiger charge is 2.22. The zero-order valence-electron chi connectivity index (χ0n) is 18.3. The number of aromatic carboxylic acids is 1. The first kappa shape index (κ1) is 21.2. The van der Waals surface area contributed by atoms with Gasteiger partial charge in [-0.05, 0) is 18.5 Å². The van der Waals surface area contributed by atoms with Crippen LogP contribution in [0.2, 0.25) is 25.7 Å². The summed E-state index contributed by atoms with van der Waals surface area (Å²) in [6.45, 7) is 7.79. The summed E-state index contributed by atoms with van der Waals surface area (Å²) < 4.78 is 9.39. The molecule has 0 aromatic carbocycles. The molecule has 31 heavy (non-hydrogen) atoms.